The monoisotopic (exact) mass is 415 g/mol. The quantitative estimate of drug-likeness (QED) is 0.218. The van der Waals surface area contributed by atoms with Crippen LogP contribution < -0.4 is 5.32 Å². The van der Waals surface area contributed by atoms with Crippen LogP contribution >= 0.6 is 0 Å². The summed E-state index contributed by atoms with van der Waals surface area (Å²) in [4.78, 5) is 16.1. The van der Waals surface area contributed by atoms with Crippen molar-refractivity contribution in [2.75, 3.05) is 6.54 Å². The van der Waals surface area contributed by atoms with E-state index in [4.69, 9.17) is 0 Å². The molecule has 1 amide bonds. The van der Waals surface area contributed by atoms with Crippen LogP contribution in [0.3, 0.4) is 0 Å². The molecule has 0 radical (unpaired) electrons. The molecule has 4 aromatic carbocycles. The number of fused-ring (bicyclic) bond motifs is 3. The number of H-pyrrole nitrogens is 1. The molecule has 0 aliphatic carbocycles. The predicted molar refractivity (Wildman–Crippen MR) is 130 cm³/mol. The Hall–Kier alpha value is -4.36. The number of aromatic amines is 1. The lowest BCUT2D eigenvalue weighted by molar-refractivity contribution is -0.117. The van der Waals surface area contributed by atoms with E-state index in [1.54, 1.807) is 6.08 Å². The first-order valence-electron chi connectivity index (χ1n) is 10.6. The highest BCUT2D eigenvalue weighted by molar-refractivity contribution is 6.11. The maximum Gasteiger partial charge on any atom is 0.261 e. The predicted octanol–water partition coefficient (Wildman–Crippen LogP) is 5.74. The SMILES string of the molecule is N#C/C(=C/c1c2ccccc2cc2ccccc12)C(=O)NCCc1c[nH]c2ccccc12. The van der Waals surface area contributed by atoms with Gasteiger partial charge in [0.25, 0.3) is 5.91 Å². The van der Waals surface area contributed by atoms with E-state index in [1.165, 1.54) is 0 Å². The van der Waals surface area contributed by atoms with Crippen LogP contribution in [0.4, 0.5) is 0 Å². The molecule has 5 rings (SSSR count). The fourth-order valence-corrected chi connectivity index (χ4v) is 4.24. The summed E-state index contributed by atoms with van der Waals surface area (Å²) in [6.07, 6.45) is 4.37. The van der Waals surface area contributed by atoms with E-state index < -0.39 is 0 Å². The van der Waals surface area contributed by atoms with Gasteiger partial charge in [0.1, 0.15) is 11.6 Å². The third kappa shape index (κ3) is 3.61. The van der Waals surface area contributed by atoms with E-state index in [2.05, 4.69) is 28.5 Å². The number of carbonyl (C=O) groups excluding carboxylic acids is 1. The molecule has 5 aromatic rings. The molecule has 0 saturated heterocycles. The van der Waals surface area contributed by atoms with Gasteiger partial charge in [-0.2, -0.15) is 5.26 Å². The Labute approximate surface area is 185 Å². The summed E-state index contributed by atoms with van der Waals surface area (Å²) in [6, 6.07) is 28.4. The Bertz CT molecular complexity index is 1480. The third-order valence-electron chi connectivity index (χ3n) is 5.82. The highest BCUT2D eigenvalue weighted by Gasteiger charge is 2.12. The van der Waals surface area contributed by atoms with Gasteiger partial charge in [-0.25, -0.2) is 0 Å². The summed E-state index contributed by atoms with van der Waals surface area (Å²) in [5.41, 5.74) is 3.21. The zero-order chi connectivity index (χ0) is 21.9. The van der Waals surface area contributed by atoms with Crippen molar-refractivity contribution in [2.24, 2.45) is 0 Å². The van der Waals surface area contributed by atoms with Crippen molar-refractivity contribution in [1.82, 2.24) is 10.3 Å². The summed E-state index contributed by atoms with van der Waals surface area (Å²) in [5.74, 6) is -0.357. The molecule has 4 heteroatoms. The van der Waals surface area contributed by atoms with Gasteiger partial charge in [0.15, 0.2) is 0 Å². The van der Waals surface area contributed by atoms with E-state index in [1.807, 2.05) is 72.9 Å². The molecule has 2 N–H and O–H groups in total. The molecule has 1 aromatic heterocycles. The molecule has 0 atom stereocenters. The maximum absolute atomic E-state index is 12.8. The van der Waals surface area contributed by atoms with Crippen molar-refractivity contribution < 1.29 is 4.79 Å². The molecule has 0 aliphatic heterocycles. The minimum absolute atomic E-state index is 0.102. The van der Waals surface area contributed by atoms with Crippen molar-refractivity contribution >= 4 is 44.4 Å². The van der Waals surface area contributed by atoms with Gasteiger partial charge in [-0.15, -0.1) is 0 Å². The van der Waals surface area contributed by atoms with Gasteiger partial charge in [0, 0.05) is 23.6 Å². The number of hydrogen-bond donors (Lipinski definition) is 2. The van der Waals surface area contributed by atoms with Gasteiger partial charge in [0.05, 0.1) is 0 Å². The molecule has 1 heterocycles. The van der Waals surface area contributed by atoms with Crippen molar-refractivity contribution in [3.63, 3.8) is 0 Å². The standard InChI is InChI=1S/C28H21N3O/c29-17-22(28(32)30-14-13-21-18-31-27-12-6-5-11-25(21)27)16-26-23-9-3-1-7-19(23)15-20-8-2-4-10-24(20)26/h1-12,15-16,18,31H,13-14H2,(H,30,32)/b22-16-. The number of carbonyl (C=O) groups is 1. The fourth-order valence-electron chi connectivity index (χ4n) is 4.24. The van der Waals surface area contributed by atoms with Gasteiger partial charge in [0.2, 0.25) is 0 Å². The molecule has 0 aliphatic rings. The topological polar surface area (TPSA) is 68.7 Å². The zero-order valence-electron chi connectivity index (χ0n) is 17.4. The van der Waals surface area contributed by atoms with E-state index in [0.29, 0.717) is 13.0 Å². The molecule has 0 spiro atoms. The number of rotatable bonds is 5. The zero-order valence-corrected chi connectivity index (χ0v) is 17.4. The second-order valence-electron chi connectivity index (χ2n) is 7.77. The fraction of sp³-hybridized carbons (Fsp3) is 0.0714. The van der Waals surface area contributed by atoms with Crippen molar-refractivity contribution in [1.29, 1.82) is 5.26 Å². The van der Waals surface area contributed by atoms with Crippen molar-refractivity contribution in [3.05, 3.63) is 102 Å². The summed E-state index contributed by atoms with van der Waals surface area (Å²) < 4.78 is 0. The lowest BCUT2D eigenvalue weighted by Crippen LogP contribution is -2.26. The minimum Gasteiger partial charge on any atom is -0.361 e. The largest absolute Gasteiger partial charge is 0.361 e. The minimum atomic E-state index is -0.357. The highest BCUT2D eigenvalue weighted by atomic mass is 16.1. The van der Waals surface area contributed by atoms with Crippen LogP contribution in [-0.4, -0.2) is 17.4 Å². The second kappa shape index (κ2) is 8.41. The molecule has 0 fully saturated rings. The number of aromatic nitrogens is 1. The first-order chi connectivity index (χ1) is 15.7. The summed E-state index contributed by atoms with van der Waals surface area (Å²) >= 11 is 0. The molecule has 0 unspecified atom stereocenters. The Morgan fingerprint density at radius 2 is 1.53 bits per heavy atom. The second-order valence-corrected chi connectivity index (χ2v) is 7.77. The Morgan fingerprint density at radius 1 is 0.906 bits per heavy atom. The van der Waals surface area contributed by atoms with Crippen LogP contribution in [0.1, 0.15) is 11.1 Å². The van der Waals surface area contributed by atoms with E-state index in [9.17, 15) is 10.1 Å². The van der Waals surface area contributed by atoms with Gasteiger partial charge in [-0.1, -0.05) is 66.7 Å². The number of nitriles is 1. The third-order valence-corrected chi connectivity index (χ3v) is 5.82. The number of hydrogen-bond acceptors (Lipinski definition) is 2. The number of nitrogens with zero attached hydrogens (tertiary/aromatic N) is 1. The van der Waals surface area contributed by atoms with Gasteiger partial charge >= 0.3 is 0 Å². The van der Waals surface area contributed by atoms with E-state index in [0.717, 1.165) is 43.6 Å². The van der Waals surface area contributed by atoms with Crippen LogP contribution in [0.25, 0.3) is 38.5 Å². The van der Waals surface area contributed by atoms with Crippen molar-refractivity contribution in [3.8, 4) is 6.07 Å². The van der Waals surface area contributed by atoms with Crippen LogP contribution in [0.5, 0.6) is 0 Å². The van der Waals surface area contributed by atoms with Crippen LogP contribution in [0.2, 0.25) is 0 Å². The lowest BCUT2D eigenvalue weighted by Gasteiger charge is -2.09. The number of amides is 1. The highest BCUT2D eigenvalue weighted by Crippen LogP contribution is 2.30. The molecule has 0 saturated carbocycles. The molecular weight excluding hydrogens is 394 g/mol. The van der Waals surface area contributed by atoms with Crippen LogP contribution in [0, 0.1) is 11.3 Å². The number of nitrogens with one attached hydrogen (secondary N) is 2. The molecule has 154 valence electrons. The Balaban J connectivity index is 1.43. The number of para-hydroxylation sites is 1. The van der Waals surface area contributed by atoms with Gasteiger partial charge in [-0.3, -0.25) is 4.79 Å². The Morgan fingerprint density at radius 3 is 2.22 bits per heavy atom. The average molecular weight is 415 g/mol. The normalized spacial score (nSPS) is 11.7. The van der Waals surface area contributed by atoms with Crippen LogP contribution in [-0.2, 0) is 11.2 Å². The lowest BCUT2D eigenvalue weighted by atomic mass is 9.95. The number of benzene rings is 4. The maximum atomic E-state index is 12.8. The summed E-state index contributed by atoms with van der Waals surface area (Å²) in [5, 5.41) is 18.0. The van der Waals surface area contributed by atoms with Gasteiger partial charge in [-0.05, 0) is 57.3 Å². The molecule has 32 heavy (non-hydrogen) atoms. The van der Waals surface area contributed by atoms with Crippen molar-refractivity contribution in [2.45, 2.75) is 6.42 Å². The molecule has 0 bridgehead atoms. The first kappa shape index (κ1) is 19.6. The molecule has 4 nitrogen and oxygen atoms in total. The summed E-state index contributed by atoms with van der Waals surface area (Å²) in [7, 11) is 0. The molecular formula is C28H21N3O. The van der Waals surface area contributed by atoms with Gasteiger partial charge < -0.3 is 10.3 Å². The Kier molecular flexibility index (Phi) is 5.15. The van der Waals surface area contributed by atoms with Crippen LogP contribution in [0.15, 0.2) is 90.6 Å². The average Bonchev–Trinajstić information content (AvgIpc) is 3.25. The van der Waals surface area contributed by atoms with E-state index >= 15 is 0 Å². The first-order valence-corrected chi connectivity index (χ1v) is 10.6. The summed E-state index contributed by atoms with van der Waals surface area (Å²) in [6.45, 7) is 0.454. The van der Waals surface area contributed by atoms with E-state index in [-0.39, 0.29) is 11.5 Å². The smallest absolute Gasteiger partial charge is 0.261 e.